The second-order valence-corrected chi connectivity index (χ2v) is 5.64. The summed E-state index contributed by atoms with van der Waals surface area (Å²) in [5.74, 6) is 0.986. The highest BCUT2D eigenvalue weighted by Crippen LogP contribution is 2.22. The van der Waals surface area contributed by atoms with Crippen LogP contribution in [0.15, 0.2) is 24.3 Å². The number of nitrogens with zero attached hydrogens (tertiary/aromatic N) is 1. The largest absolute Gasteiger partial charge is 0.496 e. The van der Waals surface area contributed by atoms with Crippen molar-refractivity contribution in [1.29, 1.82) is 0 Å². The molecular formula is C15H22BrNO2. The molecule has 0 radical (unpaired) electrons. The number of ether oxygens (including phenoxy) is 2. The summed E-state index contributed by atoms with van der Waals surface area (Å²) >= 11 is 3.40. The Morgan fingerprint density at radius 2 is 2.00 bits per heavy atom. The fourth-order valence-electron chi connectivity index (χ4n) is 2.52. The van der Waals surface area contributed by atoms with Gasteiger partial charge in [-0.1, -0.05) is 34.1 Å². The van der Waals surface area contributed by atoms with Gasteiger partial charge in [-0.25, -0.2) is 0 Å². The van der Waals surface area contributed by atoms with Gasteiger partial charge in [0.2, 0.25) is 0 Å². The minimum absolute atomic E-state index is 0.437. The molecule has 0 bridgehead atoms. The van der Waals surface area contributed by atoms with Gasteiger partial charge in [0.15, 0.2) is 0 Å². The first-order valence-electron chi connectivity index (χ1n) is 6.85. The van der Waals surface area contributed by atoms with Crippen molar-refractivity contribution in [2.24, 2.45) is 0 Å². The van der Waals surface area contributed by atoms with E-state index in [9.17, 15) is 0 Å². The summed E-state index contributed by atoms with van der Waals surface area (Å²) in [6.07, 6.45) is 2.69. The molecule has 0 saturated carbocycles. The fraction of sp³-hybridized carbons (Fsp3) is 0.600. The average molecular weight is 328 g/mol. The van der Waals surface area contributed by atoms with Crippen molar-refractivity contribution in [3.63, 3.8) is 0 Å². The van der Waals surface area contributed by atoms with Gasteiger partial charge in [-0.05, 0) is 18.9 Å². The number of hydrogen-bond acceptors (Lipinski definition) is 3. The normalized spacial score (nSPS) is 17.6. The summed E-state index contributed by atoms with van der Waals surface area (Å²) in [5, 5.41) is 0.925. The predicted molar refractivity (Wildman–Crippen MR) is 81.0 cm³/mol. The van der Waals surface area contributed by atoms with Crippen LogP contribution in [0.1, 0.15) is 18.4 Å². The third-order valence-corrected chi connectivity index (χ3v) is 3.88. The van der Waals surface area contributed by atoms with E-state index in [1.807, 2.05) is 12.1 Å². The van der Waals surface area contributed by atoms with Crippen LogP contribution >= 0.6 is 15.9 Å². The van der Waals surface area contributed by atoms with Crippen molar-refractivity contribution < 1.29 is 9.47 Å². The van der Waals surface area contributed by atoms with Gasteiger partial charge in [-0.3, -0.25) is 4.90 Å². The zero-order valence-corrected chi connectivity index (χ0v) is 13.1. The van der Waals surface area contributed by atoms with Gasteiger partial charge in [0, 0.05) is 30.5 Å². The molecule has 1 aromatic rings. The minimum atomic E-state index is 0.437. The molecule has 0 amide bonds. The molecule has 0 unspecified atom stereocenters. The predicted octanol–water partition coefficient (Wildman–Crippen LogP) is 3.07. The van der Waals surface area contributed by atoms with E-state index in [4.69, 9.17) is 9.47 Å². The van der Waals surface area contributed by atoms with Gasteiger partial charge < -0.3 is 9.47 Å². The number of likely N-dealkylation sites (tertiary alicyclic amines) is 1. The van der Waals surface area contributed by atoms with Gasteiger partial charge in [-0.2, -0.15) is 0 Å². The molecule has 1 saturated heterocycles. The zero-order chi connectivity index (χ0) is 13.5. The van der Waals surface area contributed by atoms with Crippen molar-refractivity contribution in [3.8, 4) is 5.75 Å². The van der Waals surface area contributed by atoms with Gasteiger partial charge in [0.05, 0.1) is 19.8 Å². The summed E-state index contributed by atoms with van der Waals surface area (Å²) in [4.78, 5) is 2.48. The van der Waals surface area contributed by atoms with E-state index in [1.54, 1.807) is 7.11 Å². The van der Waals surface area contributed by atoms with Crippen LogP contribution in [0.2, 0.25) is 0 Å². The summed E-state index contributed by atoms with van der Waals surface area (Å²) in [5.41, 5.74) is 1.27. The third kappa shape index (κ3) is 4.48. The molecule has 2 rings (SSSR count). The van der Waals surface area contributed by atoms with Crippen LogP contribution < -0.4 is 4.74 Å². The first-order chi connectivity index (χ1) is 9.33. The van der Waals surface area contributed by atoms with Crippen molar-refractivity contribution in [2.75, 3.05) is 32.1 Å². The van der Waals surface area contributed by atoms with E-state index in [2.05, 4.69) is 33.0 Å². The average Bonchev–Trinajstić information content (AvgIpc) is 2.47. The topological polar surface area (TPSA) is 21.7 Å². The first kappa shape index (κ1) is 14.8. The first-order valence-corrected chi connectivity index (χ1v) is 7.97. The molecule has 4 heteroatoms. The van der Waals surface area contributed by atoms with Crippen LogP contribution in [-0.4, -0.2) is 43.1 Å². The summed E-state index contributed by atoms with van der Waals surface area (Å²) in [6.45, 7) is 3.99. The molecular weight excluding hydrogens is 306 g/mol. The van der Waals surface area contributed by atoms with Crippen LogP contribution in [0.25, 0.3) is 0 Å². The molecule has 1 aliphatic rings. The van der Waals surface area contributed by atoms with Crippen molar-refractivity contribution in [2.45, 2.75) is 25.5 Å². The summed E-state index contributed by atoms with van der Waals surface area (Å²) < 4.78 is 11.2. The van der Waals surface area contributed by atoms with Gasteiger partial charge in [-0.15, -0.1) is 0 Å². The number of para-hydroxylation sites is 1. The molecule has 1 aliphatic heterocycles. The molecule has 1 aromatic carbocycles. The van der Waals surface area contributed by atoms with E-state index in [-0.39, 0.29) is 0 Å². The molecule has 1 fully saturated rings. The maximum absolute atomic E-state index is 5.78. The maximum atomic E-state index is 5.78. The number of rotatable bonds is 6. The molecule has 0 aliphatic carbocycles. The third-order valence-electron chi connectivity index (χ3n) is 3.55. The highest BCUT2D eigenvalue weighted by Gasteiger charge is 2.20. The smallest absolute Gasteiger partial charge is 0.123 e. The van der Waals surface area contributed by atoms with E-state index in [1.165, 1.54) is 5.56 Å². The Hall–Kier alpha value is -0.580. The molecule has 106 valence electrons. The lowest BCUT2D eigenvalue weighted by Gasteiger charge is -2.32. The lowest BCUT2D eigenvalue weighted by Crippen LogP contribution is -2.36. The maximum Gasteiger partial charge on any atom is 0.123 e. The molecule has 0 spiro atoms. The van der Waals surface area contributed by atoms with E-state index >= 15 is 0 Å². The number of alkyl halides is 1. The zero-order valence-electron chi connectivity index (χ0n) is 11.5. The Balaban J connectivity index is 1.82. The SMILES string of the molecule is COc1ccccc1CN1CCC(OCCBr)CC1. The Morgan fingerprint density at radius 3 is 2.68 bits per heavy atom. The molecule has 19 heavy (non-hydrogen) atoms. The van der Waals surface area contributed by atoms with Crippen LogP contribution in [0.3, 0.4) is 0 Å². The highest BCUT2D eigenvalue weighted by molar-refractivity contribution is 9.09. The lowest BCUT2D eigenvalue weighted by molar-refractivity contribution is 0.0140. The second-order valence-electron chi connectivity index (χ2n) is 4.85. The van der Waals surface area contributed by atoms with Crippen LogP contribution in [-0.2, 0) is 11.3 Å². The van der Waals surface area contributed by atoms with Crippen molar-refractivity contribution >= 4 is 15.9 Å². The quantitative estimate of drug-likeness (QED) is 0.749. The van der Waals surface area contributed by atoms with Crippen LogP contribution in [0.5, 0.6) is 5.75 Å². The van der Waals surface area contributed by atoms with Gasteiger partial charge in [0.1, 0.15) is 5.75 Å². The molecule has 0 atom stereocenters. The Bertz CT molecular complexity index is 378. The minimum Gasteiger partial charge on any atom is -0.496 e. The van der Waals surface area contributed by atoms with Gasteiger partial charge >= 0.3 is 0 Å². The van der Waals surface area contributed by atoms with Crippen LogP contribution in [0.4, 0.5) is 0 Å². The number of piperidine rings is 1. The molecule has 1 heterocycles. The fourth-order valence-corrected chi connectivity index (χ4v) is 2.71. The van der Waals surface area contributed by atoms with Gasteiger partial charge in [0.25, 0.3) is 0 Å². The monoisotopic (exact) mass is 327 g/mol. The molecule has 3 nitrogen and oxygen atoms in total. The van der Waals surface area contributed by atoms with E-state index < -0.39 is 0 Å². The Morgan fingerprint density at radius 1 is 1.26 bits per heavy atom. The summed E-state index contributed by atoms with van der Waals surface area (Å²) in [6, 6.07) is 8.26. The lowest BCUT2D eigenvalue weighted by atomic mass is 10.1. The Kier molecular flexibility index (Phi) is 6.14. The number of benzene rings is 1. The van der Waals surface area contributed by atoms with E-state index in [0.717, 1.165) is 50.2 Å². The number of halogens is 1. The van der Waals surface area contributed by atoms with Crippen molar-refractivity contribution in [1.82, 2.24) is 4.90 Å². The Labute approximate surface area is 124 Å². The second kappa shape index (κ2) is 7.88. The van der Waals surface area contributed by atoms with E-state index in [0.29, 0.717) is 6.10 Å². The molecule has 0 aromatic heterocycles. The van der Waals surface area contributed by atoms with Crippen molar-refractivity contribution in [3.05, 3.63) is 29.8 Å². The standard InChI is InChI=1S/C15H22BrNO2/c1-18-15-5-3-2-4-13(15)12-17-9-6-14(7-10-17)19-11-8-16/h2-5,14H,6-12H2,1H3. The summed E-state index contributed by atoms with van der Waals surface area (Å²) in [7, 11) is 1.74. The number of hydrogen-bond donors (Lipinski definition) is 0. The van der Waals surface area contributed by atoms with Crippen LogP contribution in [0, 0.1) is 0 Å². The number of methoxy groups -OCH3 is 1. The molecule has 0 N–H and O–H groups in total. The highest BCUT2D eigenvalue weighted by atomic mass is 79.9.